The van der Waals surface area contributed by atoms with Crippen molar-refractivity contribution in [2.24, 2.45) is 0 Å². The number of benzene rings is 2. The highest BCUT2D eigenvalue weighted by molar-refractivity contribution is 6.32. The second-order valence-electron chi connectivity index (χ2n) is 4.67. The highest BCUT2D eigenvalue weighted by Gasteiger charge is 2.03. The monoisotopic (exact) mass is 307 g/mol. The Bertz CT molecular complexity index is 804. The van der Waals surface area contributed by atoms with Crippen LogP contribution >= 0.6 is 11.6 Å². The van der Waals surface area contributed by atoms with Gasteiger partial charge in [-0.3, -0.25) is 0 Å². The smallest absolute Gasteiger partial charge is 0.106 e. The quantitative estimate of drug-likeness (QED) is 0.657. The molecule has 3 aromatic rings. The zero-order chi connectivity index (χ0) is 15.2. The van der Waals surface area contributed by atoms with Gasteiger partial charge in [0.2, 0.25) is 0 Å². The van der Waals surface area contributed by atoms with Crippen LogP contribution in [0, 0.1) is 0 Å². The lowest BCUT2D eigenvalue weighted by Crippen LogP contribution is -1.95. The molecule has 0 saturated carbocycles. The maximum Gasteiger partial charge on any atom is 0.106 e. The molecule has 4 heteroatoms. The second kappa shape index (κ2) is 6.87. The fraction of sp³-hybridized carbons (Fsp3) is 0. The minimum Gasteiger partial charge on any atom is -0.219 e. The van der Waals surface area contributed by atoms with E-state index in [9.17, 15) is 0 Å². The van der Waals surface area contributed by atoms with Crippen molar-refractivity contribution >= 4 is 23.8 Å². The number of hydrogen-bond acceptors (Lipinski definition) is 2. The molecule has 1 heterocycles. The summed E-state index contributed by atoms with van der Waals surface area (Å²) in [5.41, 5.74) is 2.75. The van der Waals surface area contributed by atoms with E-state index < -0.39 is 0 Å². The lowest BCUT2D eigenvalue weighted by atomic mass is 10.2. The number of para-hydroxylation sites is 1. The highest BCUT2D eigenvalue weighted by Crippen LogP contribution is 2.18. The average molecular weight is 308 g/mol. The summed E-state index contributed by atoms with van der Waals surface area (Å²) < 4.78 is 1.67. The third-order valence-corrected chi connectivity index (χ3v) is 3.40. The van der Waals surface area contributed by atoms with Gasteiger partial charge in [-0.2, -0.15) is 0 Å². The summed E-state index contributed by atoms with van der Waals surface area (Å²) >= 11 is 6.14. The van der Waals surface area contributed by atoms with Crippen molar-refractivity contribution in [2.45, 2.75) is 0 Å². The topological polar surface area (TPSA) is 30.7 Å². The summed E-state index contributed by atoms with van der Waals surface area (Å²) in [6.07, 6.45) is 9.70. The van der Waals surface area contributed by atoms with E-state index >= 15 is 0 Å². The number of rotatable bonds is 4. The molecule has 0 amide bonds. The van der Waals surface area contributed by atoms with Gasteiger partial charge in [-0.15, -0.1) is 5.10 Å². The van der Waals surface area contributed by atoms with Gasteiger partial charge in [0.15, 0.2) is 0 Å². The summed E-state index contributed by atoms with van der Waals surface area (Å²) in [7, 11) is 0. The van der Waals surface area contributed by atoms with E-state index in [2.05, 4.69) is 22.4 Å². The highest BCUT2D eigenvalue weighted by atomic mass is 35.5. The van der Waals surface area contributed by atoms with E-state index in [1.54, 1.807) is 4.68 Å². The second-order valence-corrected chi connectivity index (χ2v) is 5.08. The molecule has 0 aliphatic carbocycles. The molecule has 108 valence electrons. The first-order valence-corrected chi connectivity index (χ1v) is 7.28. The third-order valence-electron chi connectivity index (χ3n) is 3.08. The average Bonchev–Trinajstić information content (AvgIpc) is 3.02. The Balaban J connectivity index is 1.71. The predicted octanol–water partition coefficient (Wildman–Crippen LogP) is 4.65. The maximum absolute atomic E-state index is 6.14. The van der Waals surface area contributed by atoms with Crippen molar-refractivity contribution in [2.75, 3.05) is 0 Å². The molecule has 0 aliphatic rings. The lowest BCUT2D eigenvalue weighted by Gasteiger charge is -2.00. The number of halogens is 1. The van der Waals surface area contributed by atoms with Crippen LogP contribution in [0.1, 0.15) is 11.3 Å². The van der Waals surface area contributed by atoms with Crippen molar-refractivity contribution in [3.8, 4) is 5.69 Å². The van der Waals surface area contributed by atoms with Crippen molar-refractivity contribution in [1.29, 1.82) is 0 Å². The van der Waals surface area contributed by atoms with Gasteiger partial charge in [0.1, 0.15) is 5.69 Å². The molecule has 0 atom stereocenters. The van der Waals surface area contributed by atoms with E-state index in [1.807, 2.05) is 73.0 Å². The lowest BCUT2D eigenvalue weighted by molar-refractivity contribution is 0.803. The fourth-order valence-corrected chi connectivity index (χ4v) is 2.22. The van der Waals surface area contributed by atoms with Crippen LogP contribution in [0.15, 0.2) is 72.9 Å². The molecule has 0 fully saturated rings. The van der Waals surface area contributed by atoms with E-state index in [4.69, 9.17) is 11.6 Å². The van der Waals surface area contributed by atoms with Gasteiger partial charge in [0.05, 0.1) is 16.9 Å². The van der Waals surface area contributed by atoms with Crippen LogP contribution in [-0.2, 0) is 0 Å². The largest absolute Gasteiger partial charge is 0.219 e. The zero-order valence-electron chi connectivity index (χ0n) is 11.8. The fourth-order valence-electron chi connectivity index (χ4n) is 1.99. The van der Waals surface area contributed by atoms with Gasteiger partial charge < -0.3 is 0 Å². The minimum atomic E-state index is 0.645. The number of aromatic nitrogens is 3. The molecule has 22 heavy (non-hydrogen) atoms. The summed E-state index contributed by atoms with van der Waals surface area (Å²) in [5, 5.41) is 8.85. The molecular formula is C18H14ClN3. The molecule has 0 N–H and O–H groups in total. The van der Waals surface area contributed by atoms with Crippen molar-refractivity contribution < 1.29 is 0 Å². The Labute approximate surface area is 134 Å². The first-order chi connectivity index (χ1) is 10.8. The van der Waals surface area contributed by atoms with Crippen LogP contribution in [-0.4, -0.2) is 15.0 Å². The summed E-state index contributed by atoms with van der Waals surface area (Å²) in [6.45, 7) is 0. The van der Waals surface area contributed by atoms with Crippen LogP contribution in [0.5, 0.6) is 0 Å². The first kappa shape index (κ1) is 14.3. The normalized spacial score (nSPS) is 11.5. The molecule has 1 aromatic heterocycles. The Hall–Kier alpha value is -2.65. The maximum atomic E-state index is 6.14. The number of allylic oxidation sites excluding steroid dienone is 2. The standard InChI is InChI=1S/C18H14ClN3/c19-17-12-6-7-13-18(17)22-14-16(20-21-22)11-5-4-10-15-8-2-1-3-9-15/h1-14H/b10-4+,11-5+. The molecule has 0 radical (unpaired) electrons. The minimum absolute atomic E-state index is 0.645. The Morgan fingerprint density at radius 1 is 0.864 bits per heavy atom. The predicted molar refractivity (Wildman–Crippen MR) is 90.9 cm³/mol. The van der Waals surface area contributed by atoms with Gasteiger partial charge >= 0.3 is 0 Å². The molecule has 0 saturated heterocycles. The van der Waals surface area contributed by atoms with E-state index in [-0.39, 0.29) is 0 Å². The van der Waals surface area contributed by atoms with Gasteiger partial charge in [0.25, 0.3) is 0 Å². The summed E-state index contributed by atoms with van der Waals surface area (Å²) in [5.74, 6) is 0. The van der Waals surface area contributed by atoms with Gasteiger partial charge in [-0.05, 0) is 23.8 Å². The van der Waals surface area contributed by atoms with E-state index in [1.165, 1.54) is 0 Å². The number of nitrogens with zero attached hydrogens (tertiary/aromatic N) is 3. The van der Waals surface area contributed by atoms with Crippen LogP contribution in [0.3, 0.4) is 0 Å². The van der Waals surface area contributed by atoms with Crippen LogP contribution in [0.2, 0.25) is 5.02 Å². The van der Waals surface area contributed by atoms with Gasteiger partial charge in [-0.1, -0.05) is 77.5 Å². The van der Waals surface area contributed by atoms with Crippen LogP contribution < -0.4 is 0 Å². The van der Waals surface area contributed by atoms with E-state index in [0.29, 0.717) is 5.02 Å². The SMILES string of the molecule is Clc1ccccc1-n1cc(/C=C/C=C/c2ccccc2)nn1. The zero-order valence-corrected chi connectivity index (χ0v) is 12.6. The van der Waals surface area contributed by atoms with Crippen LogP contribution in [0.25, 0.3) is 17.8 Å². The molecule has 0 aliphatic heterocycles. The molecule has 0 spiro atoms. The molecule has 2 aromatic carbocycles. The summed E-state index contributed by atoms with van der Waals surface area (Å²) in [4.78, 5) is 0. The van der Waals surface area contributed by atoms with E-state index in [0.717, 1.165) is 16.9 Å². The van der Waals surface area contributed by atoms with Crippen LogP contribution in [0.4, 0.5) is 0 Å². The summed E-state index contributed by atoms with van der Waals surface area (Å²) in [6, 6.07) is 17.7. The number of hydrogen-bond donors (Lipinski definition) is 0. The molecular weight excluding hydrogens is 294 g/mol. The Morgan fingerprint density at radius 2 is 1.59 bits per heavy atom. The Morgan fingerprint density at radius 3 is 2.41 bits per heavy atom. The van der Waals surface area contributed by atoms with Gasteiger partial charge in [-0.25, -0.2) is 4.68 Å². The third kappa shape index (κ3) is 3.51. The van der Waals surface area contributed by atoms with Gasteiger partial charge in [0, 0.05) is 0 Å². The van der Waals surface area contributed by atoms with Crippen molar-refractivity contribution in [1.82, 2.24) is 15.0 Å². The Kier molecular flexibility index (Phi) is 4.47. The molecule has 3 nitrogen and oxygen atoms in total. The van der Waals surface area contributed by atoms with Crippen molar-refractivity contribution in [3.63, 3.8) is 0 Å². The first-order valence-electron chi connectivity index (χ1n) is 6.90. The molecule has 0 bridgehead atoms. The van der Waals surface area contributed by atoms with Crippen molar-refractivity contribution in [3.05, 3.63) is 89.2 Å². The molecule has 3 rings (SSSR count). The molecule has 0 unspecified atom stereocenters.